The predicted molar refractivity (Wildman–Crippen MR) is 70.9 cm³/mol. The van der Waals surface area contributed by atoms with Gasteiger partial charge in [-0.2, -0.15) is 0 Å². The Morgan fingerprint density at radius 1 is 1.38 bits per heavy atom. The first kappa shape index (κ1) is 13.8. The highest BCUT2D eigenvalue weighted by Crippen LogP contribution is 2.19. The minimum Gasteiger partial charge on any atom is -0.353 e. The molecule has 94 valence electrons. The van der Waals surface area contributed by atoms with Gasteiger partial charge in [-0.3, -0.25) is 4.79 Å². The molecule has 1 heterocycles. The summed E-state index contributed by atoms with van der Waals surface area (Å²) in [6.45, 7) is 6.44. The highest BCUT2D eigenvalue weighted by atomic mass is 32.2. The summed E-state index contributed by atoms with van der Waals surface area (Å²) in [7, 11) is 0. The zero-order valence-electron chi connectivity index (χ0n) is 10.4. The topological polar surface area (TPSA) is 41.1 Å². The van der Waals surface area contributed by atoms with Gasteiger partial charge in [0, 0.05) is 11.3 Å². The number of hydrogen-bond donors (Lipinski definition) is 2. The Bertz CT molecular complexity index is 201. The van der Waals surface area contributed by atoms with Gasteiger partial charge in [-0.15, -0.1) is 11.8 Å². The maximum absolute atomic E-state index is 11.7. The van der Waals surface area contributed by atoms with Crippen LogP contribution in [0.25, 0.3) is 0 Å². The van der Waals surface area contributed by atoms with Crippen LogP contribution in [0.15, 0.2) is 0 Å². The lowest BCUT2D eigenvalue weighted by Crippen LogP contribution is -2.36. The maximum Gasteiger partial charge on any atom is 0.230 e. The normalized spacial score (nSPS) is 17.7. The summed E-state index contributed by atoms with van der Waals surface area (Å²) in [6.07, 6.45) is 4.45. The van der Waals surface area contributed by atoms with Gasteiger partial charge in [0.15, 0.2) is 0 Å². The first-order valence-corrected chi connectivity index (χ1v) is 7.42. The molecule has 1 saturated heterocycles. The molecule has 0 radical (unpaired) electrons. The third-order valence-corrected chi connectivity index (χ3v) is 4.46. The molecule has 0 bridgehead atoms. The van der Waals surface area contributed by atoms with E-state index < -0.39 is 0 Å². The van der Waals surface area contributed by atoms with Crippen LogP contribution in [0.5, 0.6) is 0 Å². The fraction of sp³-hybridized carbons (Fsp3) is 0.917. The van der Waals surface area contributed by atoms with E-state index in [1.807, 2.05) is 11.8 Å². The number of nitrogens with one attached hydrogen (secondary N) is 2. The van der Waals surface area contributed by atoms with E-state index in [-0.39, 0.29) is 5.91 Å². The standard InChI is InChI=1S/C12H24N2OS/c1-3-10(4-2)14-12(15)9-16-11-5-7-13-8-6-11/h10-11,13H,3-9H2,1-2H3,(H,14,15). The summed E-state index contributed by atoms with van der Waals surface area (Å²) in [5.41, 5.74) is 0. The number of hydrogen-bond acceptors (Lipinski definition) is 3. The summed E-state index contributed by atoms with van der Waals surface area (Å²) in [5, 5.41) is 7.09. The predicted octanol–water partition coefficient (Wildman–Crippen LogP) is 1.78. The van der Waals surface area contributed by atoms with Gasteiger partial charge < -0.3 is 10.6 Å². The van der Waals surface area contributed by atoms with E-state index in [0.717, 1.165) is 25.9 Å². The van der Waals surface area contributed by atoms with E-state index in [1.165, 1.54) is 12.8 Å². The Morgan fingerprint density at radius 2 is 2.00 bits per heavy atom. The molecule has 0 atom stereocenters. The lowest BCUT2D eigenvalue weighted by Gasteiger charge is -2.22. The second-order valence-corrected chi connectivity index (χ2v) is 5.63. The molecule has 0 spiro atoms. The Labute approximate surface area is 103 Å². The molecule has 1 aliphatic heterocycles. The molecular weight excluding hydrogens is 220 g/mol. The van der Waals surface area contributed by atoms with Gasteiger partial charge in [0.2, 0.25) is 5.91 Å². The van der Waals surface area contributed by atoms with Crippen LogP contribution in [0.3, 0.4) is 0 Å². The minimum atomic E-state index is 0.206. The summed E-state index contributed by atoms with van der Waals surface area (Å²) in [4.78, 5) is 11.7. The number of carbonyl (C=O) groups excluding carboxylic acids is 1. The van der Waals surface area contributed by atoms with Crippen molar-refractivity contribution in [3.05, 3.63) is 0 Å². The van der Waals surface area contributed by atoms with Crippen molar-refractivity contribution in [3.8, 4) is 0 Å². The van der Waals surface area contributed by atoms with Gasteiger partial charge in [-0.1, -0.05) is 13.8 Å². The third-order valence-electron chi connectivity index (χ3n) is 3.09. The summed E-state index contributed by atoms with van der Waals surface area (Å²) >= 11 is 1.82. The monoisotopic (exact) mass is 244 g/mol. The molecule has 1 rings (SSSR count). The van der Waals surface area contributed by atoms with Crippen molar-refractivity contribution in [1.82, 2.24) is 10.6 Å². The molecule has 4 heteroatoms. The largest absolute Gasteiger partial charge is 0.353 e. The maximum atomic E-state index is 11.7. The minimum absolute atomic E-state index is 0.206. The van der Waals surface area contributed by atoms with E-state index in [4.69, 9.17) is 0 Å². The highest BCUT2D eigenvalue weighted by Gasteiger charge is 2.15. The van der Waals surface area contributed by atoms with Crippen molar-refractivity contribution in [2.45, 2.75) is 50.8 Å². The molecule has 0 aromatic heterocycles. The molecule has 1 fully saturated rings. The van der Waals surface area contributed by atoms with Crippen LogP contribution in [-0.2, 0) is 4.79 Å². The number of amides is 1. The van der Waals surface area contributed by atoms with Crippen molar-refractivity contribution in [2.75, 3.05) is 18.8 Å². The lowest BCUT2D eigenvalue weighted by atomic mass is 10.2. The van der Waals surface area contributed by atoms with E-state index >= 15 is 0 Å². The summed E-state index contributed by atoms with van der Waals surface area (Å²) in [6, 6.07) is 0.362. The van der Waals surface area contributed by atoms with Crippen molar-refractivity contribution in [1.29, 1.82) is 0 Å². The third kappa shape index (κ3) is 5.21. The van der Waals surface area contributed by atoms with Crippen LogP contribution in [0.4, 0.5) is 0 Å². The quantitative estimate of drug-likeness (QED) is 0.748. The van der Waals surface area contributed by atoms with Crippen LogP contribution >= 0.6 is 11.8 Å². The zero-order valence-corrected chi connectivity index (χ0v) is 11.2. The summed E-state index contributed by atoms with van der Waals surface area (Å²) < 4.78 is 0. The van der Waals surface area contributed by atoms with Crippen LogP contribution < -0.4 is 10.6 Å². The van der Waals surface area contributed by atoms with Crippen molar-refractivity contribution in [3.63, 3.8) is 0 Å². The Hall–Kier alpha value is -0.220. The van der Waals surface area contributed by atoms with Crippen molar-refractivity contribution in [2.24, 2.45) is 0 Å². The van der Waals surface area contributed by atoms with Gasteiger partial charge in [0.1, 0.15) is 0 Å². The SMILES string of the molecule is CCC(CC)NC(=O)CSC1CCNCC1. The highest BCUT2D eigenvalue weighted by molar-refractivity contribution is 8.00. The van der Waals surface area contributed by atoms with E-state index in [2.05, 4.69) is 24.5 Å². The van der Waals surface area contributed by atoms with Crippen molar-refractivity contribution < 1.29 is 4.79 Å². The molecule has 1 amide bonds. The molecule has 0 aromatic rings. The molecule has 1 aliphatic rings. The first-order valence-electron chi connectivity index (χ1n) is 6.38. The molecule has 0 unspecified atom stereocenters. The van der Waals surface area contributed by atoms with Gasteiger partial charge in [0.05, 0.1) is 5.75 Å². The lowest BCUT2D eigenvalue weighted by molar-refractivity contribution is -0.119. The smallest absolute Gasteiger partial charge is 0.230 e. The molecule has 3 nitrogen and oxygen atoms in total. The van der Waals surface area contributed by atoms with E-state index in [9.17, 15) is 4.79 Å². The second kappa shape index (κ2) is 7.96. The Kier molecular flexibility index (Phi) is 6.88. The van der Waals surface area contributed by atoms with E-state index in [1.54, 1.807) is 0 Å². The number of carbonyl (C=O) groups is 1. The van der Waals surface area contributed by atoms with Crippen LogP contribution in [0.1, 0.15) is 39.5 Å². The molecule has 16 heavy (non-hydrogen) atoms. The number of rotatable bonds is 6. The average Bonchev–Trinajstić information content (AvgIpc) is 2.34. The van der Waals surface area contributed by atoms with Crippen LogP contribution in [-0.4, -0.2) is 36.0 Å². The molecule has 0 saturated carbocycles. The van der Waals surface area contributed by atoms with Crippen LogP contribution in [0, 0.1) is 0 Å². The van der Waals surface area contributed by atoms with Gasteiger partial charge >= 0.3 is 0 Å². The molecule has 0 aliphatic carbocycles. The second-order valence-electron chi connectivity index (χ2n) is 4.34. The average molecular weight is 244 g/mol. The van der Waals surface area contributed by atoms with Gasteiger partial charge in [-0.25, -0.2) is 0 Å². The molecule has 0 aromatic carbocycles. The fourth-order valence-electron chi connectivity index (χ4n) is 1.92. The van der Waals surface area contributed by atoms with Crippen molar-refractivity contribution >= 4 is 17.7 Å². The van der Waals surface area contributed by atoms with Crippen LogP contribution in [0.2, 0.25) is 0 Å². The fourth-order valence-corrected chi connectivity index (χ4v) is 2.96. The molecule has 2 N–H and O–H groups in total. The molecular formula is C12H24N2OS. The number of piperidine rings is 1. The van der Waals surface area contributed by atoms with Gasteiger partial charge in [-0.05, 0) is 38.8 Å². The number of thioether (sulfide) groups is 1. The van der Waals surface area contributed by atoms with E-state index in [0.29, 0.717) is 17.0 Å². The Balaban J connectivity index is 2.13. The first-order chi connectivity index (χ1) is 7.76. The summed E-state index contributed by atoms with van der Waals surface area (Å²) in [5.74, 6) is 0.832. The Morgan fingerprint density at radius 3 is 2.56 bits per heavy atom. The zero-order chi connectivity index (χ0) is 11.8. The van der Waals surface area contributed by atoms with Gasteiger partial charge in [0.25, 0.3) is 0 Å².